The van der Waals surface area contributed by atoms with Gasteiger partial charge in [-0.05, 0) is 18.1 Å². The Balaban J connectivity index is 0.000000461. The highest BCUT2D eigenvalue weighted by molar-refractivity contribution is 5.31. The summed E-state index contributed by atoms with van der Waals surface area (Å²) >= 11 is 0. The fraction of sp³-hybridized carbons (Fsp3) is 0.400. The van der Waals surface area contributed by atoms with Crippen LogP contribution in [0.1, 0.15) is 26.3 Å². The fourth-order valence-electron chi connectivity index (χ4n) is 0.810. The molecule has 1 aromatic rings. The first kappa shape index (κ1) is 10.0. The third-order valence-corrected chi connectivity index (χ3v) is 1.37. The van der Waals surface area contributed by atoms with Crippen molar-refractivity contribution in [3.63, 3.8) is 0 Å². The van der Waals surface area contributed by atoms with Gasteiger partial charge < -0.3 is 5.11 Å². The van der Waals surface area contributed by atoms with E-state index in [0.29, 0.717) is 5.75 Å². The molecule has 0 unspecified atom stereocenters. The highest BCUT2D eigenvalue weighted by Gasteiger charge is 1.92. The lowest BCUT2D eigenvalue weighted by molar-refractivity contribution is 0.469. The molecule has 1 heteroatoms. The third-order valence-electron chi connectivity index (χ3n) is 1.37. The lowest BCUT2D eigenvalue weighted by atomic mass is 10.1. The predicted molar refractivity (Wildman–Crippen MR) is 48.8 cm³/mol. The molecule has 0 radical (unpaired) electrons. The minimum atomic E-state index is 0.403. The van der Waals surface area contributed by atoms with E-state index in [4.69, 9.17) is 5.11 Å². The Labute approximate surface area is 68.7 Å². The molecule has 1 rings (SSSR count). The summed E-state index contributed by atoms with van der Waals surface area (Å²) in [7, 11) is 0. The van der Waals surface area contributed by atoms with E-state index in [9.17, 15) is 0 Å². The Bertz CT molecular complexity index is 194. The maximum absolute atomic E-state index is 9.11. The van der Waals surface area contributed by atoms with Gasteiger partial charge in [-0.1, -0.05) is 39.0 Å². The Hall–Kier alpha value is -0.980. The monoisotopic (exact) mass is 152 g/mol. The summed E-state index contributed by atoms with van der Waals surface area (Å²) in [5.41, 5.74) is 1.01. The number of hydrogen-bond acceptors (Lipinski definition) is 1. The zero-order valence-electron chi connectivity index (χ0n) is 7.46. The minimum absolute atomic E-state index is 0.403. The molecular weight excluding hydrogens is 136 g/mol. The normalized spacial score (nSPS) is 8.27. The molecule has 0 heterocycles. The number of benzene rings is 1. The number of phenolic OH excluding ortho intramolecular Hbond substituents is 1. The van der Waals surface area contributed by atoms with E-state index in [1.54, 1.807) is 6.07 Å². The van der Waals surface area contributed by atoms with Gasteiger partial charge in [-0.3, -0.25) is 0 Å². The number of para-hydroxylation sites is 1. The maximum Gasteiger partial charge on any atom is 0.118 e. The maximum atomic E-state index is 9.11. The molecule has 0 aliphatic heterocycles. The smallest absolute Gasteiger partial charge is 0.118 e. The van der Waals surface area contributed by atoms with Crippen molar-refractivity contribution < 1.29 is 5.11 Å². The van der Waals surface area contributed by atoms with Gasteiger partial charge in [0.2, 0.25) is 0 Å². The number of hydrogen-bond donors (Lipinski definition) is 1. The van der Waals surface area contributed by atoms with Crippen molar-refractivity contribution in [1.29, 1.82) is 0 Å². The number of phenols is 1. The second-order valence-electron chi connectivity index (χ2n) is 1.98. The van der Waals surface area contributed by atoms with Gasteiger partial charge in [0.15, 0.2) is 0 Å². The third kappa shape index (κ3) is 3.08. The molecule has 0 saturated heterocycles. The van der Waals surface area contributed by atoms with E-state index in [0.717, 1.165) is 12.0 Å². The lowest BCUT2D eigenvalue weighted by Crippen LogP contribution is -1.77. The Morgan fingerprint density at radius 3 is 2.09 bits per heavy atom. The van der Waals surface area contributed by atoms with Crippen molar-refractivity contribution in [2.75, 3.05) is 0 Å². The van der Waals surface area contributed by atoms with E-state index in [1.807, 2.05) is 39.0 Å². The van der Waals surface area contributed by atoms with E-state index >= 15 is 0 Å². The molecule has 0 bridgehead atoms. The SMILES string of the molecule is CC.CCc1ccccc1O. The van der Waals surface area contributed by atoms with Gasteiger partial charge in [-0.2, -0.15) is 0 Å². The fourth-order valence-corrected chi connectivity index (χ4v) is 0.810. The summed E-state index contributed by atoms with van der Waals surface area (Å²) in [6.07, 6.45) is 0.896. The Kier molecular flexibility index (Phi) is 5.26. The number of rotatable bonds is 1. The van der Waals surface area contributed by atoms with Crippen LogP contribution in [0.2, 0.25) is 0 Å². The van der Waals surface area contributed by atoms with Crippen LogP contribution in [0.25, 0.3) is 0 Å². The first-order valence-corrected chi connectivity index (χ1v) is 4.11. The Morgan fingerprint density at radius 1 is 1.18 bits per heavy atom. The van der Waals surface area contributed by atoms with Crippen LogP contribution in [-0.4, -0.2) is 5.11 Å². The standard InChI is InChI=1S/C8H10O.C2H6/c1-2-7-5-3-4-6-8(7)9;1-2/h3-6,9H,2H2,1H3;1-2H3. The molecule has 0 aliphatic carbocycles. The molecule has 0 aliphatic rings. The van der Waals surface area contributed by atoms with E-state index in [-0.39, 0.29) is 0 Å². The van der Waals surface area contributed by atoms with Gasteiger partial charge in [0.1, 0.15) is 5.75 Å². The molecule has 11 heavy (non-hydrogen) atoms. The van der Waals surface area contributed by atoms with Gasteiger partial charge in [-0.25, -0.2) is 0 Å². The summed E-state index contributed by atoms with van der Waals surface area (Å²) in [4.78, 5) is 0. The second kappa shape index (κ2) is 5.78. The van der Waals surface area contributed by atoms with Crippen molar-refractivity contribution in [2.24, 2.45) is 0 Å². The molecule has 0 amide bonds. The summed E-state index contributed by atoms with van der Waals surface area (Å²) in [6.45, 7) is 6.02. The Morgan fingerprint density at radius 2 is 1.73 bits per heavy atom. The summed E-state index contributed by atoms with van der Waals surface area (Å²) in [5.74, 6) is 0.403. The first-order chi connectivity index (χ1) is 5.34. The van der Waals surface area contributed by atoms with Crippen LogP contribution in [0, 0.1) is 0 Å². The van der Waals surface area contributed by atoms with Crippen LogP contribution in [0.5, 0.6) is 5.75 Å². The molecule has 1 N–H and O–H groups in total. The molecule has 1 aromatic carbocycles. The first-order valence-electron chi connectivity index (χ1n) is 4.11. The number of aryl methyl sites for hydroxylation is 1. The minimum Gasteiger partial charge on any atom is -0.508 e. The second-order valence-corrected chi connectivity index (χ2v) is 1.98. The van der Waals surface area contributed by atoms with Gasteiger partial charge in [0, 0.05) is 0 Å². The lowest BCUT2D eigenvalue weighted by Gasteiger charge is -1.97. The van der Waals surface area contributed by atoms with Gasteiger partial charge >= 0.3 is 0 Å². The predicted octanol–water partition coefficient (Wildman–Crippen LogP) is 2.98. The van der Waals surface area contributed by atoms with Crippen LogP contribution < -0.4 is 0 Å². The zero-order chi connectivity index (χ0) is 8.69. The van der Waals surface area contributed by atoms with Crippen LogP contribution in [0.4, 0.5) is 0 Å². The highest BCUT2D eigenvalue weighted by Crippen LogP contribution is 2.14. The van der Waals surface area contributed by atoms with Crippen molar-refractivity contribution >= 4 is 0 Å². The molecule has 0 spiro atoms. The van der Waals surface area contributed by atoms with Crippen LogP contribution in [0.3, 0.4) is 0 Å². The van der Waals surface area contributed by atoms with Crippen LogP contribution >= 0.6 is 0 Å². The van der Waals surface area contributed by atoms with Crippen molar-refractivity contribution in [2.45, 2.75) is 27.2 Å². The van der Waals surface area contributed by atoms with Crippen molar-refractivity contribution in [3.8, 4) is 5.75 Å². The molecule has 0 aromatic heterocycles. The van der Waals surface area contributed by atoms with Crippen LogP contribution in [0.15, 0.2) is 24.3 Å². The molecule has 1 nitrogen and oxygen atoms in total. The van der Waals surface area contributed by atoms with Crippen LogP contribution in [-0.2, 0) is 6.42 Å². The van der Waals surface area contributed by atoms with E-state index < -0.39 is 0 Å². The van der Waals surface area contributed by atoms with Gasteiger partial charge in [-0.15, -0.1) is 0 Å². The van der Waals surface area contributed by atoms with Gasteiger partial charge in [0.25, 0.3) is 0 Å². The quantitative estimate of drug-likeness (QED) is 0.656. The molecule has 0 fully saturated rings. The zero-order valence-corrected chi connectivity index (χ0v) is 7.46. The summed E-state index contributed by atoms with van der Waals surface area (Å²) in [6, 6.07) is 7.39. The molecular formula is C10H16O. The summed E-state index contributed by atoms with van der Waals surface area (Å²) < 4.78 is 0. The topological polar surface area (TPSA) is 20.2 Å². The summed E-state index contributed by atoms with van der Waals surface area (Å²) in [5, 5.41) is 9.11. The number of aromatic hydroxyl groups is 1. The molecule has 0 saturated carbocycles. The highest BCUT2D eigenvalue weighted by atomic mass is 16.3. The molecule has 62 valence electrons. The van der Waals surface area contributed by atoms with E-state index in [2.05, 4.69) is 0 Å². The van der Waals surface area contributed by atoms with Gasteiger partial charge in [0.05, 0.1) is 0 Å². The van der Waals surface area contributed by atoms with Crippen molar-refractivity contribution in [3.05, 3.63) is 29.8 Å². The molecule has 0 atom stereocenters. The average molecular weight is 152 g/mol. The van der Waals surface area contributed by atoms with E-state index in [1.165, 1.54) is 0 Å². The largest absolute Gasteiger partial charge is 0.508 e. The average Bonchev–Trinajstić information content (AvgIpc) is 2.09. The van der Waals surface area contributed by atoms with Crippen molar-refractivity contribution in [1.82, 2.24) is 0 Å².